The van der Waals surface area contributed by atoms with Crippen LogP contribution < -0.4 is 9.60 Å². The van der Waals surface area contributed by atoms with Gasteiger partial charge < -0.3 is 9.13 Å². The van der Waals surface area contributed by atoms with Gasteiger partial charge in [-0.2, -0.15) is 16.8 Å². The quantitative estimate of drug-likeness (QED) is 0.333. The van der Waals surface area contributed by atoms with Gasteiger partial charge in [0.1, 0.15) is 0 Å². The van der Waals surface area contributed by atoms with Crippen LogP contribution in [0.15, 0.2) is 56.4 Å². The molecule has 0 unspecified atom stereocenters. The molecule has 0 radical (unpaired) electrons. The Kier molecular flexibility index (Phi) is 4.95. The Morgan fingerprint density at radius 1 is 0.733 bits per heavy atom. The third kappa shape index (κ3) is 3.73. The molecule has 0 saturated heterocycles. The summed E-state index contributed by atoms with van der Waals surface area (Å²) in [5.41, 5.74) is 1.44. The van der Waals surface area contributed by atoms with Gasteiger partial charge in [-0.1, -0.05) is 22.7 Å². The highest BCUT2D eigenvalue weighted by molar-refractivity contribution is 7.86. The van der Waals surface area contributed by atoms with Gasteiger partial charge in [0.25, 0.3) is 20.2 Å². The largest absolute Gasteiger partial charge is 0.318 e. The first-order valence-electron chi connectivity index (χ1n) is 8.17. The van der Waals surface area contributed by atoms with Crippen LogP contribution in [0.4, 0.5) is 0 Å². The van der Waals surface area contributed by atoms with E-state index in [2.05, 4.69) is 10.2 Å². The number of aromatic nitrogens is 2. The lowest BCUT2D eigenvalue weighted by Crippen LogP contribution is -2.13. The average molecular weight is 487 g/mol. The minimum absolute atomic E-state index is 0.203. The van der Waals surface area contributed by atoms with Crippen molar-refractivity contribution in [1.82, 2.24) is 9.13 Å². The van der Waals surface area contributed by atoms with E-state index < -0.39 is 20.2 Å². The van der Waals surface area contributed by atoms with Crippen molar-refractivity contribution in [2.24, 2.45) is 24.3 Å². The fraction of sp³-hybridized carbons (Fsp3) is 0.125. The van der Waals surface area contributed by atoms with Crippen molar-refractivity contribution < 1.29 is 25.9 Å². The summed E-state index contributed by atoms with van der Waals surface area (Å²) >= 11 is 2.40. The minimum Gasteiger partial charge on any atom is -0.318 e. The Morgan fingerprint density at radius 3 is 1.43 bits per heavy atom. The van der Waals surface area contributed by atoms with E-state index in [0.717, 1.165) is 11.0 Å². The predicted octanol–water partition coefficient (Wildman–Crippen LogP) is 1.70. The molecule has 2 aromatic carbocycles. The molecule has 2 N–H and O–H groups in total. The Bertz CT molecular complexity index is 1540. The topological polar surface area (TPSA) is 143 Å². The fourth-order valence-corrected chi connectivity index (χ4v) is 6.01. The van der Waals surface area contributed by atoms with Crippen molar-refractivity contribution in [3.8, 4) is 0 Å². The summed E-state index contributed by atoms with van der Waals surface area (Å²) in [7, 11) is -5.11. The standard InChI is InChI=1S/C16H14N4O6S4/c1-19-11-5-3-9(29(21,22)23)7-13(11)27-15(19)17-18-16-20(2)12-6-4-10(30(24,25)26)8-14(12)28-16/h3-8H,1-2H3,(H,21,22,23)(H,24,25,26)/b17-15-,18-16+. The van der Waals surface area contributed by atoms with Crippen molar-refractivity contribution >= 4 is 63.3 Å². The number of nitrogens with zero attached hydrogens (tertiary/aromatic N) is 4. The summed E-state index contributed by atoms with van der Waals surface area (Å²) in [5.74, 6) is 0. The Balaban J connectivity index is 1.88. The van der Waals surface area contributed by atoms with Crippen molar-refractivity contribution in [2.45, 2.75) is 9.79 Å². The molecule has 0 saturated carbocycles. The lowest BCUT2D eigenvalue weighted by atomic mass is 10.3. The summed E-state index contributed by atoms with van der Waals surface area (Å²) in [4.78, 5) is 0.582. The Morgan fingerprint density at radius 2 is 1.10 bits per heavy atom. The summed E-state index contributed by atoms with van der Waals surface area (Å²) in [6.07, 6.45) is 0. The zero-order valence-electron chi connectivity index (χ0n) is 15.4. The molecule has 158 valence electrons. The van der Waals surface area contributed by atoms with Crippen LogP contribution in [-0.2, 0) is 34.3 Å². The molecule has 0 aliphatic rings. The highest BCUT2D eigenvalue weighted by Gasteiger charge is 2.13. The second-order valence-electron chi connectivity index (χ2n) is 6.30. The summed E-state index contributed by atoms with van der Waals surface area (Å²) < 4.78 is 68.5. The number of thiazole rings is 2. The molecule has 0 spiro atoms. The molecule has 0 aliphatic heterocycles. The number of rotatable bonds is 3. The van der Waals surface area contributed by atoms with Gasteiger partial charge in [-0.3, -0.25) is 9.11 Å². The Hall–Kier alpha value is -2.36. The number of hydrogen-bond donors (Lipinski definition) is 2. The second kappa shape index (κ2) is 7.11. The number of aryl methyl sites for hydroxylation is 2. The SMILES string of the molecule is Cn1/c(=N/N=c2/sc3cc(S(=O)(=O)O)ccc3n2C)sc2cc(S(=O)(=O)O)ccc21. The van der Waals surface area contributed by atoms with Crippen molar-refractivity contribution in [1.29, 1.82) is 0 Å². The van der Waals surface area contributed by atoms with Crippen LogP contribution in [0.25, 0.3) is 20.4 Å². The summed E-state index contributed by atoms with van der Waals surface area (Å²) in [5, 5.41) is 8.50. The van der Waals surface area contributed by atoms with E-state index in [-0.39, 0.29) is 9.79 Å². The van der Waals surface area contributed by atoms with Crippen LogP contribution in [0.5, 0.6) is 0 Å². The van der Waals surface area contributed by atoms with E-state index in [1.807, 2.05) is 0 Å². The van der Waals surface area contributed by atoms with E-state index in [1.54, 1.807) is 35.4 Å². The van der Waals surface area contributed by atoms with Gasteiger partial charge in [0.05, 0.1) is 30.2 Å². The van der Waals surface area contributed by atoms with Gasteiger partial charge in [-0.25, -0.2) is 0 Å². The third-order valence-corrected chi connectivity index (χ3v) is 8.25. The summed E-state index contributed by atoms with van der Waals surface area (Å²) in [6.45, 7) is 0. The predicted molar refractivity (Wildman–Crippen MR) is 112 cm³/mol. The molecule has 30 heavy (non-hydrogen) atoms. The van der Waals surface area contributed by atoms with Crippen LogP contribution in [0.1, 0.15) is 0 Å². The van der Waals surface area contributed by atoms with Gasteiger partial charge in [0.15, 0.2) is 0 Å². The van der Waals surface area contributed by atoms with E-state index in [4.69, 9.17) is 0 Å². The number of hydrogen-bond acceptors (Lipinski definition) is 8. The number of benzene rings is 2. The first-order chi connectivity index (χ1) is 13.9. The lowest BCUT2D eigenvalue weighted by molar-refractivity contribution is 0.481. The van der Waals surface area contributed by atoms with Crippen LogP contribution in [0, 0.1) is 0 Å². The molecule has 10 nitrogen and oxygen atoms in total. The fourth-order valence-electron chi connectivity index (χ4n) is 2.83. The van der Waals surface area contributed by atoms with Crippen LogP contribution in [-0.4, -0.2) is 35.1 Å². The van der Waals surface area contributed by atoms with E-state index in [0.29, 0.717) is 19.0 Å². The molecule has 2 aromatic heterocycles. The second-order valence-corrected chi connectivity index (χ2v) is 11.2. The summed E-state index contributed by atoms with van der Waals surface area (Å²) in [6, 6.07) is 8.50. The first kappa shape index (κ1) is 20.9. The molecule has 0 bridgehead atoms. The van der Waals surface area contributed by atoms with Crippen LogP contribution in [0.2, 0.25) is 0 Å². The highest BCUT2D eigenvalue weighted by atomic mass is 32.2. The van der Waals surface area contributed by atoms with Gasteiger partial charge in [-0.05, 0) is 36.4 Å². The molecular formula is C16H14N4O6S4. The maximum atomic E-state index is 11.3. The zero-order valence-corrected chi connectivity index (χ0v) is 18.7. The van der Waals surface area contributed by atoms with E-state index in [1.165, 1.54) is 46.9 Å². The Labute approximate surface area is 178 Å². The molecule has 4 rings (SSSR count). The smallest absolute Gasteiger partial charge is 0.294 e. The van der Waals surface area contributed by atoms with Gasteiger partial charge in [0, 0.05) is 14.1 Å². The highest BCUT2D eigenvalue weighted by Crippen LogP contribution is 2.22. The van der Waals surface area contributed by atoms with E-state index >= 15 is 0 Å². The molecule has 2 heterocycles. The van der Waals surface area contributed by atoms with Gasteiger partial charge in [-0.15, -0.1) is 10.2 Å². The molecular weight excluding hydrogens is 472 g/mol. The molecule has 0 aliphatic carbocycles. The first-order valence-corrected chi connectivity index (χ1v) is 12.7. The third-order valence-electron chi connectivity index (χ3n) is 4.38. The van der Waals surface area contributed by atoms with Gasteiger partial charge in [0.2, 0.25) is 9.60 Å². The van der Waals surface area contributed by atoms with Crippen LogP contribution >= 0.6 is 22.7 Å². The molecule has 4 aromatic rings. The molecule has 14 heteroatoms. The zero-order chi connectivity index (χ0) is 21.8. The van der Waals surface area contributed by atoms with Crippen molar-refractivity contribution in [2.75, 3.05) is 0 Å². The normalized spacial score (nSPS) is 14.3. The van der Waals surface area contributed by atoms with Crippen molar-refractivity contribution in [3.05, 3.63) is 46.0 Å². The van der Waals surface area contributed by atoms with Crippen LogP contribution in [0.3, 0.4) is 0 Å². The molecule has 0 fully saturated rings. The van der Waals surface area contributed by atoms with E-state index in [9.17, 15) is 25.9 Å². The minimum atomic E-state index is -4.31. The molecule has 0 atom stereocenters. The number of fused-ring (bicyclic) bond motifs is 2. The molecule has 0 amide bonds. The monoisotopic (exact) mass is 486 g/mol. The average Bonchev–Trinajstić information content (AvgIpc) is 3.15. The van der Waals surface area contributed by atoms with Crippen molar-refractivity contribution in [3.63, 3.8) is 0 Å². The maximum Gasteiger partial charge on any atom is 0.294 e. The maximum absolute atomic E-state index is 11.3. The lowest BCUT2D eigenvalue weighted by Gasteiger charge is -1.98. The van der Waals surface area contributed by atoms with Gasteiger partial charge >= 0.3 is 0 Å².